The lowest BCUT2D eigenvalue weighted by molar-refractivity contribution is -0.139. The zero-order valence-corrected chi connectivity index (χ0v) is 10.9. The Morgan fingerprint density at radius 3 is 2.70 bits per heavy atom. The Bertz CT molecular complexity index is 485. The second-order valence-electron chi connectivity index (χ2n) is 4.83. The van der Waals surface area contributed by atoms with Gasteiger partial charge in [-0.3, -0.25) is 4.79 Å². The number of aldehydes is 1. The molecule has 1 heterocycles. The first kappa shape index (κ1) is 14.8. The standard InChI is InChI=1S/C14H15F3O3/c1-9-2-4-11(20-9)8-19-13-5-3-10(7-18)6-12(13)14(15,16)17/h3,5-7,9,11H,2,4,8H2,1H3. The van der Waals surface area contributed by atoms with Gasteiger partial charge in [-0.15, -0.1) is 0 Å². The average Bonchev–Trinajstić information content (AvgIpc) is 2.81. The minimum absolute atomic E-state index is 0.0320. The number of ether oxygens (including phenoxy) is 2. The third kappa shape index (κ3) is 3.50. The molecule has 0 N–H and O–H groups in total. The summed E-state index contributed by atoms with van der Waals surface area (Å²) >= 11 is 0. The van der Waals surface area contributed by atoms with Gasteiger partial charge in [-0.25, -0.2) is 0 Å². The minimum atomic E-state index is -4.56. The third-order valence-corrected chi connectivity index (χ3v) is 3.19. The van der Waals surface area contributed by atoms with E-state index in [1.165, 1.54) is 12.1 Å². The maximum atomic E-state index is 12.9. The molecule has 0 aliphatic carbocycles. The minimum Gasteiger partial charge on any atom is -0.490 e. The number of alkyl halides is 3. The van der Waals surface area contributed by atoms with Crippen LogP contribution in [0.25, 0.3) is 0 Å². The molecule has 110 valence electrons. The van der Waals surface area contributed by atoms with Crippen LogP contribution in [0.15, 0.2) is 18.2 Å². The lowest BCUT2D eigenvalue weighted by atomic mass is 10.1. The van der Waals surface area contributed by atoms with Gasteiger partial charge in [0.15, 0.2) is 0 Å². The fourth-order valence-electron chi connectivity index (χ4n) is 2.16. The molecule has 2 unspecified atom stereocenters. The number of carbonyl (C=O) groups excluding carboxylic acids is 1. The highest BCUT2D eigenvalue weighted by molar-refractivity contribution is 5.75. The summed E-state index contributed by atoms with van der Waals surface area (Å²) in [5.41, 5.74) is -0.969. The van der Waals surface area contributed by atoms with E-state index in [1.54, 1.807) is 0 Å². The van der Waals surface area contributed by atoms with Crippen LogP contribution in [0.2, 0.25) is 0 Å². The highest BCUT2D eigenvalue weighted by Crippen LogP contribution is 2.37. The van der Waals surface area contributed by atoms with E-state index >= 15 is 0 Å². The molecule has 0 aromatic heterocycles. The summed E-state index contributed by atoms with van der Waals surface area (Å²) in [5.74, 6) is -0.272. The fraction of sp³-hybridized carbons (Fsp3) is 0.500. The van der Waals surface area contributed by atoms with Gasteiger partial charge in [0.2, 0.25) is 0 Å². The number of rotatable bonds is 4. The number of halogens is 3. The summed E-state index contributed by atoms with van der Waals surface area (Å²) in [4.78, 5) is 10.6. The van der Waals surface area contributed by atoms with Crippen LogP contribution in [0.4, 0.5) is 13.2 Å². The normalized spacial score (nSPS) is 22.8. The first-order valence-corrected chi connectivity index (χ1v) is 6.35. The number of hydrogen-bond donors (Lipinski definition) is 0. The van der Waals surface area contributed by atoms with E-state index in [4.69, 9.17) is 9.47 Å². The van der Waals surface area contributed by atoms with Gasteiger partial charge in [0.1, 0.15) is 18.6 Å². The Morgan fingerprint density at radius 1 is 1.40 bits per heavy atom. The second-order valence-corrected chi connectivity index (χ2v) is 4.83. The van der Waals surface area contributed by atoms with Crippen molar-refractivity contribution in [1.29, 1.82) is 0 Å². The van der Waals surface area contributed by atoms with Crippen molar-refractivity contribution in [3.63, 3.8) is 0 Å². The second kappa shape index (κ2) is 5.83. The van der Waals surface area contributed by atoms with Gasteiger partial charge in [-0.05, 0) is 38.0 Å². The molecule has 0 bridgehead atoms. The topological polar surface area (TPSA) is 35.5 Å². The molecule has 2 atom stereocenters. The zero-order valence-electron chi connectivity index (χ0n) is 10.9. The molecule has 0 radical (unpaired) electrons. The van der Waals surface area contributed by atoms with E-state index in [9.17, 15) is 18.0 Å². The van der Waals surface area contributed by atoms with Gasteiger partial charge in [-0.1, -0.05) is 0 Å². The van der Waals surface area contributed by atoms with Crippen LogP contribution in [0.3, 0.4) is 0 Å². The Balaban J connectivity index is 2.12. The van der Waals surface area contributed by atoms with Gasteiger partial charge >= 0.3 is 6.18 Å². The molecule has 2 rings (SSSR count). The summed E-state index contributed by atoms with van der Waals surface area (Å²) in [6.45, 7) is 1.99. The Kier molecular flexibility index (Phi) is 4.32. The molecule has 1 aromatic rings. The van der Waals surface area contributed by atoms with Crippen molar-refractivity contribution in [2.24, 2.45) is 0 Å². The van der Waals surface area contributed by atoms with E-state index < -0.39 is 11.7 Å². The van der Waals surface area contributed by atoms with Crippen LogP contribution in [0.5, 0.6) is 5.75 Å². The molecule has 1 saturated heterocycles. The van der Waals surface area contributed by atoms with E-state index in [-0.39, 0.29) is 30.1 Å². The van der Waals surface area contributed by atoms with Crippen molar-refractivity contribution in [3.8, 4) is 5.75 Å². The maximum Gasteiger partial charge on any atom is 0.419 e. The van der Waals surface area contributed by atoms with Crippen LogP contribution in [0.1, 0.15) is 35.7 Å². The fourth-order valence-corrected chi connectivity index (χ4v) is 2.16. The highest BCUT2D eigenvalue weighted by Gasteiger charge is 2.35. The van der Waals surface area contributed by atoms with E-state index in [0.29, 0.717) is 6.29 Å². The van der Waals surface area contributed by atoms with Crippen LogP contribution in [-0.2, 0) is 10.9 Å². The SMILES string of the molecule is CC1CCC(COc2ccc(C=O)cc2C(F)(F)F)O1. The average molecular weight is 288 g/mol. The van der Waals surface area contributed by atoms with Crippen molar-refractivity contribution >= 4 is 6.29 Å². The van der Waals surface area contributed by atoms with Gasteiger partial charge in [-0.2, -0.15) is 13.2 Å². The Morgan fingerprint density at radius 2 is 2.15 bits per heavy atom. The van der Waals surface area contributed by atoms with E-state index in [0.717, 1.165) is 18.9 Å². The quantitative estimate of drug-likeness (QED) is 0.796. The Labute approximate surface area is 114 Å². The monoisotopic (exact) mass is 288 g/mol. The molecule has 1 aliphatic heterocycles. The highest BCUT2D eigenvalue weighted by atomic mass is 19.4. The van der Waals surface area contributed by atoms with Gasteiger partial charge < -0.3 is 9.47 Å². The largest absolute Gasteiger partial charge is 0.490 e. The molecule has 0 spiro atoms. The maximum absolute atomic E-state index is 12.9. The van der Waals surface area contributed by atoms with Crippen LogP contribution in [0, 0.1) is 0 Å². The van der Waals surface area contributed by atoms with E-state index in [1.807, 2.05) is 6.92 Å². The van der Waals surface area contributed by atoms with E-state index in [2.05, 4.69) is 0 Å². The van der Waals surface area contributed by atoms with Crippen LogP contribution < -0.4 is 4.74 Å². The molecule has 0 amide bonds. The number of carbonyl (C=O) groups is 1. The molecule has 6 heteroatoms. The van der Waals surface area contributed by atoms with Crippen LogP contribution >= 0.6 is 0 Å². The summed E-state index contributed by atoms with van der Waals surface area (Å²) < 4.78 is 49.4. The molecule has 1 aliphatic rings. The lowest BCUT2D eigenvalue weighted by Crippen LogP contribution is -2.19. The molecule has 1 fully saturated rings. The van der Waals surface area contributed by atoms with Gasteiger partial charge in [0.25, 0.3) is 0 Å². The lowest BCUT2D eigenvalue weighted by Gasteiger charge is -2.17. The predicted molar refractivity (Wildman–Crippen MR) is 65.9 cm³/mol. The molecular formula is C14H15F3O3. The molecule has 3 nitrogen and oxygen atoms in total. The molecular weight excluding hydrogens is 273 g/mol. The van der Waals surface area contributed by atoms with Gasteiger partial charge in [0.05, 0.1) is 17.8 Å². The number of hydrogen-bond acceptors (Lipinski definition) is 3. The van der Waals surface area contributed by atoms with Crippen molar-refractivity contribution in [2.45, 2.75) is 38.1 Å². The summed E-state index contributed by atoms with van der Waals surface area (Å²) in [6, 6.07) is 3.26. The summed E-state index contributed by atoms with van der Waals surface area (Å²) in [5, 5.41) is 0. The van der Waals surface area contributed by atoms with Gasteiger partial charge in [0, 0.05) is 5.56 Å². The molecule has 0 saturated carbocycles. The molecule has 1 aromatic carbocycles. The van der Waals surface area contributed by atoms with Crippen molar-refractivity contribution in [2.75, 3.05) is 6.61 Å². The first-order chi connectivity index (χ1) is 9.40. The zero-order chi connectivity index (χ0) is 14.8. The van der Waals surface area contributed by atoms with Crippen molar-refractivity contribution in [1.82, 2.24) is 0 Å². The van der Waals surface area contributed by atoms with Crippen molar-refractivity contribution in [3.05, 3.63) is 29.3 Å². The van der Waals surface area contributed by atoms with Crippen LogP contribution in [-0.4, -0.2) is 25.1 Å². The third-order valence-electron chi connectivity index (χ3n) is 3.19. The summed E-state index contributed by atoms with van der Waals surface area (Å²) in [7, 11) is 0. The smallest absolute Gasteiger partial charge is 0.419 e. The summed E-state index contributed by atoms with van der Waals surface area (Å²) in [6.07, 6.45) is -2.60. The van der Waals surface area contributed by atoms with Crippen molar-refractivity contribution < 1.29 is 27.4 Å². The molecule has 20 heavy (non-hydrogen) atoms. The first-order valence-electron chi connectivity index (χ1n) is 6.35. The number of benzene rings is 1. The Hall–Kier alpha value is -1.56. The predicted octanol–water partition coefficient (Wildman–Crippen LogP) is 3.46.